The Labute approximate surface area is 130 Å². The van der Waals surface area contributed by atoms with Crippen LogP contribution in [0.2, 0.25) is 0 Å². The second kappa shape index (κ2) is 5.75. The van der Waals surface area contributed by atoms with Gasteiger partial charge in [0.25, 0.3) is 5.91 Å². The summed E-state index contributed by atoms with van der Waals surface area (Å²) in [4.78, 5) is 22.9. The number of rotatable bonds is 3. The van der Waals surface area contributed by atoms with Crippen molar-refractivity contribution in [2.24, 2.45) is 0 Å². The van der Waals surface area contributed by atoms with Crippen molar-refractivity contribution in [1.82, 2.24) is 15.3 Å². The Hall–Kier alpha value is -2.43. The van der Waals surface area contributed by atoms with E-state index in [4.69, 9.17) is 0 Å². The van der Waals surface area contributed by atoms with Gasteiger partial charge in [0.05, 0.1) is 17.3 Å². The lowest BCUT2D eigenvalue weighted by atomic mass is 10.1. The Bertz CT molecular complexity index is 712. The van der Waals surface area contributed by atoms with Crippen LogP contribution < -0.4 is 10.2 Å². The highest BCUT2D eigenvalue weighted by Crippen LogP contribution is 2.30. The van der Waals surface area contributed by atoms with E-state index in [-0.39, 0.29) is 11.9 Å². The van der Waals surface area contributed by atoms with Gasteiger partial charge in [-0.3, -0.25) is 4.79 Å². The molecule has 2 aromatic rings. The molecular formula is C17H20N4O. The Morgan fingerprint density at radius 3 is 2.82 bits per heavy atom. The number of nitrogens with zero attached hydrogens (tertiary/aromatic N) is 3. The number of aryl methyl sites for hydroxylation is 2. The molecule has 1 aromatic carbocycles. The summed E-state index contributed by atoms with van der Waals surface area (Å²) in [6.07, 6.45) is 3.56. The van der Waals surface area contributed by atoms with Gasteiger partial charge < -0.3 is 10.2 Å². The smallest absolute Gasteiger partial charge is 0.255 e. The normalized spacial score (nSPS) is 16.2. The molecule has 1 aliphatic carbocycles. The van der Waals surface area contributed by atoms with Crippen molar-refractivity contribution in [3.05, 3.63) is 52.8 Å². The number of anilines is 1. The fourth-order valence-corrected chi connectivity index (χ4v) is 2.84. The average Bonchev–Trinajstić information content (AvgIpc) is 2.90. The number of amides is 1. The third-order valence-electron chi connectivity index (χ3n) is 4.05. The number of aromatic nitrogens is 2. The highest BCUT2D eigenvalue weighted by molar-refractivity contribution is 5.95. The summed E-state index contributed by atoms with van der Waals surface area (Å²) in [7, 11) is 3.76. The summed E-state index contributed by atoms with van der Waals surface area (Å²) in [5.74, 6) is 0.504. The summed E-state index contributed by atoms with van der Waals surface area (Å²) < 4.78 is 0. The van der Waals surface area contributed by atoms with Gasteiger partial charge in [0.2, 0.25) is 5.95 Å². The first-order chi connectivity index (χ1) is 10.6. The van der Waals surface area contributed by atoms with Gasteiger partial charge in [0, 0.05) is 20.3 Å². The maximum atomic E-state index is 12.5. The molecule has 22 heavy (non-hydrogen) atoms. The molecule has 0 saturated carbocycles. The molecule has 1 atom stereocenters. The van der Waals surface area contributed by atoms with Crippen LogP contribution in [0, 0.1) is 6.92 Å². The number of carbonyl (C=O) groups excluding carboxylic acids is 1. The van der Waals surface area contributed by atoms with E-state index in [0.29, 0.717) is 17.2 Å². The van der Waals surface area contributed by atoms with E-state index in [2.05, 4.69) is 27.4 Å². The van der Waals surface area contributed by atoms with E-state index in [1.54, 1.807) is 6.20 Å². The van der Waals surface area contributed by atoms with Crippen LogP contribution in [0.3, 0.4) is 0 Å². The number of hydrogen-bond acceptors (Lipinski definition) is 4. The second-order valence-corrected chi connectivity index (χ2v) is 5.83. The molecule has 1 aromatic heterocycles. The monoisotopic (exact) mass is 296 g/mol. The van der Waals surface area contributed by atoms with Crippen LogP contribution in [-0.4, -0.2) is 30.0 Å². The Morgan fingerprint density at radius 1 is 1.32 bits per heavy atom. The molecule has 0 radical (unpaired) electrons. The predicted molar refractivity (Wildman–Crippen MR) is 86.1 cm³/mol. The highest BCUT2D eigenvalue weighted by Gasteiger charge is 2.24. The van der Waals surface area contributed by atoms with E-state index >= 15 is 0 Å². The molecule has 5 heteroatoms. The Morgan fingerprint density at radius 2 is 2.09 bits per heavy atom. The minimum absolute atomic E-state index is 0.0802. The van der Waals surface area contributed by atoms with Gasteiger partial charge in [-0.2, -0.15) is 0 Å². The van der Waals surface area contributed by atoms with E-state index < -0.39 is 0 Å². The summed E-state index contributed by atoms with van der Waals surface area (Å²) in [5, 5.41) is 3.11. The molecule has 114 valence electrons. The maximum absolute atomic E-state index is 12.5. The molecule has 1 unspecified atom stereocenters. The van der Waals surface area contributed by atoms with Crippen LogP contribution in [-0.2, 0) is 6.42 Å². The first-order valence-corrected chi connectivity index (χ1v) is 7.46. The number of fused-ring (bicyclic) bond motifs is 1. The van der Waals surface area contributed by atoms with E-state index in [1.165, 1.54) is 11.1 Å². The number of hydrogen-bond donors (Lipinski definition) is 1. The average molecular weight is 296 g/mol. The summed E-state index contributed by atoms with van der Waals surface area (Å²) in [6.45, 7) is 1.84. The predicted octanol–water partition coefficient (Wildman–Crippen LogP) is 2.27. The van der Waals surface area contributed by atoms with Crippen LogP contribution in [0.25, 0.3) is 0 Å². The zero-order chi connectivity index (χ0) is 15.7. The van der Waals surface area contributed by atoms with Gasteiger partial charge in [-0.25, -0.2) is 9.97 Å². The second-order valence-electron chi connectivity index (χ2n) is 5.83. The third-order valence-corrected chi connectivity index (χ3v) is 4.05. The standard InChI is InChI=1S/C17H20N4O/c1-11-14(10-18-17(19-11)21(2)3)16(22)20-15-9-8-12-6-4-5-7-13(12)15/h4-7,10,15H,8-9H2,1-3H3,(H,20,22). The topological polar surface area (TPSA) is 58.1 Å². The van der Waals surface area contributed by atoms with Crippen molar-refractivity contribution in [2.45, 2.75) is 25.8 Å². The molecule has 1 N–H and O–H groups in total. The van der Waals surface area contributed by atoms with Gasteiger partial charge in [0.1, 0.15) is 0 Å². The van der Waals surface area contributed by atoms with Crippen molar-refractivity contribution in [2.75, 3.05) is 19.0 Å². The van der Waals surface area contributed by atoms with Crippen LogP contribution in [0.5, 0.6) is 0 Å². The molecule has 1 heterocycles. The van der Waals surface area contributed by atoms with Crippen molar-refractivity contribution < 1.29 is 4.79 Å². The lowest BCUT2D eigenvalue weighted by molar-refractivity contribution is 0.0935. The summed E-state index contributed by atoms with van der Waals surface area (Å²) in [6, 6.07) is 8.36. The molecule has 5 nitrogen and oxygen atoms in total. The zero-order valence-corrected chi connectivity index (χ0v) is 13.1. The minimum atomic E-state index is -0.107. The van der Waals surface area contributed by atoms with Gasteiger partial charge in [-0.15, -0.1) is 0 Å². The Balaban J connectivity index is 1.79. The number of benzene rings is 1. The van der Waals surface area contributed by atoms with Crippen molar-refractivity contribution in [3.8, 4) is 0 Å². The maximum Gasteiger partial charge on any atom is 0.255 e. The first-order valence-electron chi connectivity index (χ1n) is 7.46. The lowest BCUT2D eigenvalue weighted by Gasteiger charge is -2.16. The van der Waals surface area contributed by atoms with Crippen molar-refractivity contribution in [3.63, 3.8) is 0 Å². The molecule has 1 aliphatic rings. The molecule has 0 fully saturated rings. The lowest BCUT2D eigenvalue weighted by Crippen LogP contribution is -2.28. The van der Waals surface area contributed by atoms with Gasteiger partial charge in [-0.1, -0.05) is 24.3 Å². The quantitative estimate of drug-likeness (QED) is 0.944. The van der Waals surface area contributed by atoms with Gasteiger partial charge >= 0.3 is 0 Å². The highest BCUT2D eigenvalue weighted by atomic mass is 16.1. The number of nitrogens with one attached hydrogen (secondary N) is 1. The van der Waals surface area contributed by atoms with E-state index in [9.17, 15) is 4.79 Å². The van der Waals surface area contributed by atoms with E-state index in [0.717, 1.165) is 12.8 Å². The summed E-state index contributed by atoms with van der Waals surface area (Å²) in [5.41, 5.74) is 3.78. The molecule has 1 amide bonds. The summed E-state index contributed by atoms with van der Waals surface area (Å²) >= 11 is 0. The fraction of sp³-hybridized carbons (Fsp3) is 0.353. The molecule has 0 aliphatic heterocycles. The van der Waals surface area contributed by atoms with Crippen molar-refractivity contribution in [1.29, 1.82) is 0 Å². The zero-order valence-electron chi connectivity index (χ0n) is 13.1. The van der Waals surface area contributed by atoms with Crippen LogP contribution in [0.1, 0.15) is 39.6 Å². The van der Waals surface area contributed by atoms with E-state index in [1.807, 2.05) is 38.1 Å². The molecule has 0 saturated heterocycles. The number of carbonyl (C=O) groups is 1. The van der Waals surface area contributed by atoms with Crippen molar-refractivity contribution >= 4 is 11.9 Å². The largest absolute Gasteiger partial charge is 0.347 e. The van der Waals surface area contributed by atoms with Gasteiger partial charge in [0.15, 0.2) is 0 Å². The molecule has 0 bridgehead atoms. The van der Waals surface area contributed by atoms with Crippen LogP contribution in [0.4, 0.5) is 5.95 Å². The third kappa shape index (κ3) is 2.66. The minimum Gasteiger partial charge on any atom is -0.347 e. The fourth-order valence-electron chi connectivity index (χ4n) is 2.84. The van der Waals surface area contributed by atoms with Gasteiger partial charge in [-0.05, 0) is 30.9 Å². The molecular weight excluding hydrogens is 276 g/mol. The first kappa shape index (κ1) is 14.5. The van der Waals surface area contributed by atoms with Crippen LogP contribution >= 0.6 is 0 Å². The SMILES string of the molecule is Cc1nc(N(C)C)ncc1C(=O)NC1CCc2ccccc21. The molecule has 0 spiro atoms. The van der Waals surface area contributed by atoms with Crippen LogP contribution in [0.15, 0.2) is 30.5 Å². The molecule has 3 rings (SSSR count). The Kier molecular flexibility index (Phi) is 3.79.